The minimum atomic E-state index is 0.0648. The number of allylic oxidation sites excluding steroid dienone is 1. The van der Waals surface area contributed by atoms with E-state index >= 15 is 0 Å². The van der Waals surface area contributed by atoms with E-state index in [1.807, 2.05) is 6.92 Å². The van der Waals surface area contributed by atoms with Crippen LogP contribution in [0.5, 0.6) is 0 Å². The number of ketones is 1. The number of hydrogen-bond donors (Lipinski definition) is 0. The van der Waals surface area contributed by atoms with Gasteiger partial charge in [0.1, 0.15) is 4.88 Å². The molecule has 64 valence electrons. The average molecular weight is 182 g/mol. The van der Waals surface area contributed by atoms with E-state index in [-0.39, 0.29) is 5.78 Å². The summed E-state index contributed by atoms with van der Waals surface area (Å²) in [5.41, 5.74) is 1.58. The second-order valence-corrected chi connectivity index (χ2v) is 3.50. The van der Waals surface area contributed by atoms with Crippen LogP contribution in [0.2, 0.25) is 0 Å². The molecule has 0 aromatic carbocycles. The molecular formula is C8H10N2OS. The molecule has 0 radical (unpaired) electrons. The average Bonchev–Trinajstić information content (AvgIpc) is 2.33. The van der Waals surface area contributed by atoms with Crippen LogP contribution < -0.4 is 0 Å². The van der Waals surface area contributed by atoms with Crippen molar-refractivity contribution >= 4 is 17.3 Å². The first-order valence-corrected chi connectivity index (χ1v) is 4.35. The summed E-state index contributed by atoms with van der Waals surface area (Å²) in [5, 5.41) is 3.76. The van der Waals surface area contributed by atoms with Crippen molar-refractivity contribution < 1.29 is 4.79 Å². The Morgan fingerprint density at radius 1 is 1.67 bits per heavy atom. The molecule has 1 heterocycles. The van der Waals surface area contributed by atoms with E-state index in [0.29, 0.717) is 17.0 Å². The number of rotatable bonds is 3. The van der Waals surface area contributed by atoms with E-state index in [9.17, 15) is 4.79 Å². The SMILES string of the molecule is C=C(C)CC(=O)c1snnc1C. The molecule has 0 aliphatic rings. The highest BCUT2D eigenvalue weighted by Gasteiger charge is 2.12. The largest absolute Gasteiger partial charge is 0.293 e. The van der Waals surface area contributed by atoms with Gasteiger partial charge in [0, 0.05) is 6.42 Å². The molecule has 0 spiro atoms. The van der Waals surface area contributed by atoms with Crippen molar-refractivity contribution in [1.29, 1.82) is 0 Å². The van der Waals surface area contributed by atoms with Crippen molar-refractivity contribution in [2.45, 2.75) is 20.3 Å². The molecule has 0 aliphatic carbocycles. The summed E-state index contributed by atoms with van der Waals surface area (Å²) in [4.78, 5) is 12.1. The molecule has 12 heavy (non-hydrogen) atoms. The molecule has 4 heteroatoms. The van der Waals surface area contributed by atoms with E-state index in [4.69, 9.17) is 0 Å². The Kier molecular flexibility index (Phi) is 2.70. The summed E-state index contributed by atoms with van der Waals surface area (Å²) in [6, 6.07) is 0. The van der Waals surface area contributed by atoms with Crippen molar-refractivity contribution in [2.75, 3.05) is 0 Å². The lowest BCUT2D eigenvalue weighted by Gasteiger charge is -1.95. The predicted octanol–water partition coefficient (Wildman–Crippen LogP) is 2.00. The fourth-order valence-corrected chi connectivity index (χ4v) is 1.43. The standard InChI is InChI=1S/C8H10N2OS/c1-5(2)4-7(11)8-6(3)9-10-12-8/h1,4H2,2-3H3. The fourth-order valence-electron chi connectivity index (χ4n) is 0.841. The summed E-state index contributed by atoms with van der Waals surface area (Å²) in [7, 11) is 0. The van der Waals surface area contributed by atoms with Gasteiger partial charge in [-0.15, -0.1) is 5.10 Å². The maximum Gasteiger partial charge on any atom is 0.180 e. The second-order valence-electron chi connectivity index (χ2n) is 2.74. The first-order chi connectivity index (χ1) is 5.61. The molecule has 0 saturated heterocycles. The van der Waals surface area contributed by atoms with Gasteiger partial charge in [-0.05, 0) is 25.4 Å². The quantitative estimate of drug-likeness (QED) is 0.530. The summed E-state index contributed by atoms with van der Waals surface area (Å²) in [6.07, 6.45) is 0.394. The Labute approximate surface area is 75.3 Å². The first kappa shape index (κ1) is 9.06. The molecule has 0 atom stereocenters. The molecule has 1 rings (SSSR count). The number of carbonyl (C=O) groups excluding carboxylic acids is 1. The number of Topliss-reactive ketones (excluding diaryl/α,β-unsaturated/α-hetero) is 1. The molecule has 0 fully saturated rings. The normalized spacial score (nSPS) is 9.83. The molecular weight excluding hydrogens is 172 g/mol. The Balaban J connectivity index is 2.78. The smallest absolute Gasteiger partial charge is 0.180 e. The van der Waals surface area contributed by atoms with E-state index in [1.165, 1.54) is 0 Å². The predicted molar refractivity (Wildman–Crippen MR) is 48.4 cm³/mol. The highest BCUT2D eigenvalue weighted by molar-refractivity contribution is 7.08. The lowest BCUT2D eigenvalue weighted by Crippen LogP contribution is -1.98. The van der Waals surface area contributed by atoms with Crippen molar-refractivity contribution in [3.63, 3.8) is 0 Å². The fraction of sp³-hybridized carbons (Fsp3) is 0.375. The number of carbonyl (C=O) groups is 1. The van der Waals surface area contributed by atoms with Gasteiger partial charge in [0.2, 0.25) is 0 Å². The van der Waals surface area contributed by atoms with Crippen molar-refractivity contribution in [3.05, 3.63) is 22.7 Å². The summed E-state index contributed by atoms with van der Waals surface area (Å²) in [5.74, 6) is 0.0648. The third kappa shape index (κ3) is 1.98. The Hall–Kier alpha value is -1.03. The Bertz CT molecular complexity index is 317. The van der Waals surface area contributed by atoms with Crippen LogP contribution in [0.1, 0.15) is 28.7 Å². The van der Waals surface area contributed by atoms with Gasteiger partial charge >= 0.3 is 0 Å². The van der Waals surface area contributed by atoms with E-state index in [1.54, 1.807) is 6.92 Å². The van der Waals surface area contributed by atoms with E-state index in [2.05, 4.69) is 16.2 Å². The molecule has 0 bridgehead atoms. The maximum atomic E-state index is 11.4. The number of nitrogens with zero attached hydrogens (tertiary/aromatic N) is 2. The van der Waals surface area contributed by atoms with Gasteiger partial charge in [-0.25, -0.2) is 0 Å². The molecule has 0 amide bonds. The first-order valence-electron chi connectivity index (χ1n) is 3.58. The highest BCUT2D eigenvalue weighted by Crippen LogP contribution is 2.13. The minimum absolute atomic E-state index is 0.0648. The topological polar surface area (TPSA) is 42.9 Å². The zero-order valence-electron chi connectivity index (χ0n) is 7.13. The van der Waals surface area contributed by atoms with Gasteiger partial charge in [-0.3, -0.25) is 4.79 Å². The molecule has 0 N–H and O–H groups in total. The van der Waals surface area contributed by atoms with Gasteiger partial charge in [-0.2, -0.15) is 0 Å². The number of aromatic nitrogens is 2. The maximum absolute atomic E-state index is 11.4. The van der Waals surface area contributed by atoms with Gasteiger partial charge in [0.05, 0.1) is 5.69 Å². The van der Waals surface area contributed by atoms with Crippen LogP contribution in [0, 0.1) is 6.92 Å². The minimum Gasteiger partial charge on any atom is -0.293 e. The molecule has 1 aromatic heterocycles. The molecule has 1 aromatic rings. The van der Waals surface area contributed by atoms with Crippen molar-refractivity contribution in [3.8, 4) is 0 Å². The zero-order chi connectivity index (χ0) is 9.14. The number of aryl methyl sites for hydroxylation is 1. The van der Waals surface area contributed by atoms with Crippen LogP contribution in [0.15, 0.2) is 12.2 Å². The lowest BCUT2D eigenvalue weighted by atomic mass is 10.1. The molecule has 0 unspecified atom stereocenters. The summed E-state index contributed by atoms with van der Waals surface area (Å²) >= 11 is 1.15. The van der Waals surface area contributed by atoms with Gasteiger partial charge in [0.15, 0.2) is 5.78 Å². The van der Waals surface area contributed by atoms with Crippen molar-refractivity contribution in [2.24, 2.45) is 0 Å². The summed E-state index contributed by atoms with van der Waals surface area (Å²) in [6.45, 7) is 7.30. The van der Waals surface area contributed by atoms with Crippen LogP contribution in [-0.2, 0) is 0 Å². The highest BCUT2D eigenvalue weighted by atomic mass is 32.1. The van der Waals surface area contributed by atoms with Crippen LogP contribution in [0.25, 0.3) is 0 Å². The molecule has 0 saturated carbocycles. The number of hydrogen-bond acceptors (Lipinski definition) is 4. The Morgan fingerprint density at radius 3 is 2.75 bits per heavy atom. The monoisotopic (exact) mass is 182 g/mol. The lowest BCUT2D eigenvalue weighted by molar-refractivity contribution is 0.0996. The van der Waals surface area contributed by atoms with Crippen LogP contribution in [-0.4, -0.2) is 15.4 Å². The van der Waals surface area contributed by atoms with Crippen LogP contribution in [0.4, 0.5) is 0 Å². The summed E-state index contributed by atoms with van der Waals surface area (Å²) < 4.78 is 3.69. The van der Waals surface area contributed by atoms with Crippen LogP contribution >= 0.6 is 11.5 Å². The molecule has 3 nitrogen and oxygen atoms in total. The zero-order valence-corrected chi connectivity index (χ0v) is 7.94. The van der Waals surface area contributed by atoms with Crippen molar-refractivity contribution in [1.82, 2.24) is 9.59 Å². The Morgan fingerprint density at radius 2 is 2.33 bits per heavy atom. The second kappa shape index (κ2) is 3.58. The van der Waals surface area contributed by atoms with Crippen LogP contribution in [0.3, 0.4) is 0 Å². The molecule has 0 aliphatic heterocycles. The van der Waals surface area contributed by atoms with Gasteiger partial charge < -0.3 is 0 Å². The van der Waals surface area contributed by atoms with E-state index in [0.717, 1.165) is 17.1 Å². The van der Waals surface area contributed by atoms with Gasteiger partial charge in [-0.1, -0.05) is 16.6 Å². The van der Waals surface area contributed by atoms with Gasteiger partial charge in [0.25, 0.3) is 0 Å². The third-order valence-corrected chi connectivity index (χ3v) is 2.24. The van der Waals surface area contributed by atoms with E-state index < -0.39 is 0 Å². The third-order valence-electron chi connectivity index (χ3n) is 1.37.